The highest BCUT2D eigenvalue weighted by atomic mass is 79.9. The SMILES string of the molecule is O=C(NCC1CCCC(Cl)C1)c1ccc(Br)c(O)c1. The van der Waals surface area contributed by atoms with Gasteiger partial charge in [-0.1, -0.05) is 6.42 Å². The quantitative estimate of drug-likeness (QED) is 0.820. The van der Waals surface area contributed by atoms with Gasteiger partial charge in [-0.25, -0.2) is 0 Å². The van der Waals surface area contributed by atoms with Crippen LogP contribution in [0.3, 0.4) is 0 Å². The summed E-state index contributed by atoms with van der Waals surface area (Å²) in [6.45, 7) is 0.652. The van der Waals surface area contributed by atoms with Gasteiger partial charge in [0.05, 0.1) is 4.47 Å². The Morgan fingerprint density at radius 3 is 2.95 bits per heavy atom. The first-order valence-electron chi connectivity index (χ1n) is 6.47. The maximum absolute atomic E-state index is 12.0. The highest BCUT2D eigenvalue weighted by Crippen LogP contribution is 2.27. The van der Waals surface area contributed by atoms with E-state index >= 15 is 0 Å². The van der Waals surface area contributed by atoms with Crippen molar-refractivity contribution in [3.8, 4) is 5.75 Å². The molecule has 5 heteroatoms. The molecule has 104 valence electrons. The van der Waals surface area contributed by atoms with Gasteiger partial charge in [0.15, 0.2) is 0 Å². The number of rotatable bonds is 3. The summed E-state index contributed by atoms with van der Waals surface area (Å²) in [5.74, 6) is 0.384. The maximum Gasteiger partial charge on any atom is 0.251 e. The van der Waals surface area contributed by atoms with Crippen molar-refractivity contribution in [1.29, 1.82) is 0 Å². The van der Waals surface area contributed by atoms with Crippen molar-refractivity contribution < 1.29 is 9.90 Å². The average molecular weight is 347 g/mol. The summed E-state index contributed by atoms with van der Waals surface area (Å²) in [6, 6.07) is 4.81. The second-order valence-electron chi connectivity index (χ2n) is 5.01. The fourth-order valence-corrected chi connectivity index (χ4v) is 3.06. The van der Waals surface area contributed by atoms with E-state index in [0.29, 0.717) is 22.5 Å². The molecule has 1 aliphatic carbocycles. The summed E-state index contributed by atoms with van der Waals surface area (Å²) in [5.41, 5.74) is 0.471. The fraction of sp³-hybridized carbons (Fsp3) is 0.500. The van der Waals surface area contributed by atoms with Gasteiger partial charge in [-0.05, 0) is 59.3 Å². The monoisotopic (exact) mass is 345 g/mol. The summed E-state index contributed by atoms with van der Waals surface area (Å²) < 4.78 is 0.585. The van der Waals surface area contributed by atoms with Crippen molar-refractivity contribution in [3.63, 3.8) is 0 Å². The molecule has 0 saturated heterocycles. The first kappa shape index (κ1) is 14.7. The van der Waals surface area contributed by atoms with Crippen molar-refractivity contribution in [2.45, 2.75) is 31.1 Å². The van der Waals surface area contributed by atoms with Crippen molar-refractivity contribution in [3.05, 3.63) is 28.2 Å². The molecule has 1 aromatic carbocycles. The second kappa shape index (κ2) is 6.62. The van der Waals surface area contributed by atoms with E-state index in [1.54, 1.807) is 12.1 Å². The van der Waals surface area contributed by atoms with Gasteiger partial charge in [-0.3, -0.25) is 4.79 Å². The van der Waals surface area contributed by atoms with E-state index in [-0.39, 0.29) is 17.0 Å². The van der Waals surface area contributed by atoms with E-state index in [9.17, 15) is 9.90 Å². The summed E-state index contributed by atoms with van der Waals surface area (Å²) in [7, 11) is 0. The molecule has 3 nitrogen and oxygen atoms in total. The van der Waals surface area contributed by atoms with Crippen LogP contribution in [-0.4, -0.2) is 22.9 Å². The largest absolute Gasteiger partial charge is 0.507 e. The molecule has 2 atom stereocenters. The summed E-state index contributed by atoms with van der Waals surface area (Å²) in [6.07, 6.45) is 4.29. The molecule has 19 heavy (non-hydrogen) atoms. The smallest absolute Gasteiger partial charge is 0.251 e. The van der Waals surface area contributed by atoms with Crippen molar-refractivity contribution in [2.75, 3.05) is 6.54 Å². The number of carbonyl (C=O) groups is 1. The zero-order valence-corrected chi connectivity index (χ0v) is 12.9. The van der Waals surface area contributed by atoms with Crippen LogP contribution in [0.4, 0.5) is 0 Å². The van der Waals surface area contributed by atoms with E-state index in [1.165, 1.54) is 6.07 Å². The molecule has 0 heterocycles. The van der Waals surface area contributed by atoms with Crippen molar-refractivity contribution in [2.24, 2.45) is 5.92 Å². The van der Waals surface area contributed by atoms with Crippen LogP contribution in [0.2, 0.25) is 0 Å². The Morgan fingerprint density at radius 2 is 2.26 bits per heavy atom. The molecule has 1 aromatic rings. The summed E-state index contributed by atoms with van der Waals surface area (Å²) in [4.78, 5) is 12.0. The number of aromatic hydroxyl groups is 1. The second-order valence-corrected chi connectivity index (χ2v) is 6.48. The van der Waals surface area contributed by atoms with E-state index < -0.39 is 0 Å². The van der Waals surface area contributed by atoms with Crippen molar-refractivity contribution in [1.82, 2.24) is 5.32 Å². The molecule has 1 aliphatic rings. The number of hydrogen-bond acceptors (Lipinski definition) is 2. The zero-order valence-electron chi connectivity index (χ0n) is 10.5. The predicted molar refractivity (Wildman–Crippen MR) is 79.7 cm³/mol. The standard InChI is InChI=1S/C14H17BrClNO2/c15-12-5-4-10(7-13(12)18)14(19)17-8-9-2-1-3-11(16)6-9/h4-5,7,9,11,18H,1-3,6,8H2,(H,17,19). The minimum Gasteiger partial charge on any atom is -0.507 e. The van der Waals surface area contributed by atoms with Gasteiger partial charge >= 0.3 is 0 Å². The van der Waals surface area contributed by atoms with Crippen LogP contribution < -0.4 is 5.32 Å². The molecular formula is C14H17BrClNO2. The Balaban J connectivity index is 1.88. The highest BCUT2D eigenvalue weighted by Gasteiger charge is 2.20. The molecule has 0 aromatic heterocycles. The van der Waals surface area contributed by atoms with E-state index in [4.69, 9.17) is 11.6 Å². The van der Waals surface area contributed by atoms with E-state index in [2.05, 4.69) is 21.2 Å². The Hall–Kier alpha value is -0.740. The molecule has 1 saturated carbocycles. The van der Waals surface area contributed by atoms with Crippen LogP contribution in [0.25, 0.3) is 0 Å². The Kier molecular flexibility index (Phi) is 5.11. The summed E-state index contributed by atoms with van der Waals surface area (Å²) >= 11 is 9.32. The predicted octanol–water partition coefficient (Wildman–Crippen LogP) is 3.68. The van der Waals surface area contributed by atoms with Crippen LogP contribution in [-0.2, 0) is 0 Å². The molecular weight excluding hydrogens is 330 g/mol. The lowest BCUT2D eigenvalue weighted by Crippen LogP contribution is -2.32. The average Bonchev–Trinajstić information content (AvgIpc) is 2.39. The van der Waals surface area contributed by atoms with Gasteiger partial charge in [-0.2, -0.15) is 0 Å². The molecule has 2 rings (SSSR count). The molecule has 0 bridgehead atoms. The third kappa shape index (κ3) is 4.11. The van der Waals surface area contributed by atoms with Crippen LogP contribution in [0.5, 0.6) is 5.75 Å². The molecule has 0 aliphatic heterocycles. The Morgan fingerprint density at radius 1 is 1.47 bits per heavy atom. The van der Waals surface area contributed by atoms with Crippen LogP contribution in [0, 0.1) is 5.92 Å². The number of phenolic OH excluding ortho intramolecular Hbond substituents is 1. The van der Waals surface area contributed by atoms with Gasteiger partial charge < -0.3 is 10.4 Å². The maximum atomic E-state index is 12.0. The van der Waals surface area contributed by atoms with Crippen molar-refractivity contribution >= 4 is 33.4 Å². The third-order valence-corrected chi connectivity index (χ3v) is 4.55. The van der Waals surface area contributed by atoms with Crippen LogP contribution >= 0.6 is 27.5 Å². The normalized spacial score (nSPS) is 23.1. The minimum absolute atomic E-state index is 0.0751. The fourth-order valence-electron chi connectivity index (χ4n) is 2.40. The Bertz CT molecular complexity index is 467. The lowest BCUT2D eigenvalue weighted by molar-refractivity contribution is 0.0943. The zero-order chi connectivity index (χ0) is 13.8. The lowest BCUT2D eigenvalue weighted by atomic mass is 9.89. The van der Waals surface area contributed by atoms with Crippen LogP contribution in [0.15, 0.2) is 22.7 Å². The topological polar surface area (TPSA) is 49.3 Å². The number of benzene rings is 1. The lowest BCUT2D eigenvalue weighted by Gasteiger charge is -2.25. The molecule has 1 amide bonds. The molecule has 1 fully saturated rings. The number of phenols is 1. The number of hydrogen-bond donors (Lipinski definition) is 2. The molecule has 0 spiro atoms. The number of halogens is 2. The van der Waals surface area contributed by atoms with Gasteiger partial charge in [-0.15, -0.1) is 11.6 Å². The number of nitrogens with one attached hydrogen (secondary N) is 1. The number of carbonyl (C=O) groups excluding carboxylic acids is 1. The molecule has 2 unspecified atom stereocenters. The highest BCUT2D eigenvalue weighted by molar-refractivity contribution is 9.10. The van der Waals surface area contributed by atoms with Gasteiger partial charge in [0.25, 0.3) is 5.91 Å². The Labute approximate surface area is 126 Å². The third-order valence-electron chi connectivity index (χ3n) is 3.48. The first-order valence-corrected chi connectivity index (χ1v) is 7.70. The minimum atomic E-state index is -0.153. The van der Waals surface area contributed by atoms with Gasteiger partial charge in [0, 0.05) is 17.5 Å². The van der Waals surface area contributed by atoms with Gasteiger partial charge in [0.1, 0.15) is 5.75 Å². The molecule has 0 radical (unpaired) electrons. The number of amides is 1. The van der Waals surface area contributed by atoms with Crippen LogP contribution in [0.1, 0.15) is 36.0 Å². The number of alkyl halides is 1. The summed E-state index contributed by atoms with van der Waals surface area (Å²) in [5, 5.41) is 12.7. The van der Waals surface area contributed by atoms with E-state index in [0.717, 1.165) is 25.7 Å². The van der Waals surface area contributed by atoms with E-state index in [1.807, 2.05) is 0 Å². The molecule has 2 N–H and O–H groups in total. The first-order chi connectivity index (χ1) is 9.06. The van der Waals surface area contributed by atoms with Gasteiger partial charge in [0.2, 0.25) is 0 Å².